The summed E-state index contributed by atoms with van der Waals surface area (Å²) in [7, 11) is 1.28. The number of nitrogens with zero attached hydrogens (tertiary/aromatic N) is 2. The molecule has 140 valence electrons. The van der Waals surface area contributed by atoms with Gasteiger partial charge in [-0.2, -0.15) is 0 Å². The lowest BCUT2D eigenvalue weighted by Gasteiger charge is -2.32. The topological polar surface area (TPSA) is 45.5 Å². The molecule has 27 heavy (non-hydrogen) atoms. The van der Waals surface area contributed by atoms with Crippen molar-refractivity contribution in [1.82, 2.24) is 9.55 Å². The molecule has 2 aromatic heterocycles. The van der Waals surface area contributed by atoms with Crippen LogP contribution in [0.2, 0.25) is 0 Å². The van der Waals surface area contributed by atoms with Gasteiger partial charge in [0.2, 0.25) is 0 Å². The van der Waals surface area contributed by atoms with Crippen LogP contribution in [0.4, 0.5) is 0 Å². The summed E-state index contributed by atoms with van der Waals surface area (Å²) in [6, 6.07) is 12.2. The molecule has 1 saturated heterocycles. The van der Waals surface area contributed by atoms with Crippen LogP contribution in [0.5, 0.6) is 5.75 Å². The molecule has 4 rings (SSSR count). The van der Waals surface area contributed by atoms with Gasteiger partial charge in [-0.25, -0.2) is 4.98 Å². The van der Waals surface area contributed by atoms with E-state index in [0.717, 1.165) is 28.8 Å². The Labute approximate surface area is 160 Å². The van der Waals surface area contributed by atoms with Crippen LogP contribution < -0.4 is 10.2 Å². The minimum absolute atomic E-state index is 0.362. The van der Waals surface area contributed by atoms with Gasteiger partial charge in [0.05, 0.1) is 18.3 Å². The first-order valence-corrected chi connectivity index (χ1v) is 9.23. The second-order valence-corrected chi connectivity index (χ2v) is 8.02. The van der Waals surface area contributed by atoms with Gasteiger partial charge in [-0.15, -0.1) is 0 Å². The van der Waals surface area contributed by atoms with E-state index < -0.39 is 7.12 Å². The van der Waals surface area contributed by atoms with Gasteiger partial charge in [-0.05, 0) is 63.0 Å². The Hall–Kier alpha value is -2.31. The lowest BCUT2D eigenvalue weighted by Crippen LogP contribution is -2.41. The van der Waals surface area contributed by atoms with Crippen LogP contribution in [-0.4, -0.2) is 35.0 Å². The Morgan fingerprint density at radius 2 is 1.67 bits per heavy atom. The largest absolute Gasteiger partial charge is 0.497 e. The molecule has 0 atom stereocenters. The van der Waals surface area contributed by atoms with E-state index in [1.165, 1.54) is 5.56 Å². The molecule has 0 radical (unpaired) electrons. The maximum absolute atomic E-state index is 6.24. The lowest BCUT2D eigenvalue weighted by atomic mass is 9.78. The molecule has 0 spiro atoms. The highest BCUT2D eigenvalue weighted by atomic mass is 16.7. The molecule has 0 aliphatic carbocycles. The molecular formula is C21H25BN2O3. The fourth-order valence-electron chi connectivity index (χ4n) is 3.34. The fraction of sp³-hybridized carbons (Fsp3) is 0.381. The van der Waals surface area contributed by atoms with Crippen LogP contribution in [0.25, 0.3) is 11.0 Å². The minimum Gasteiger partial charge on any atom is -0.497 e. The first-order chi connectivity index (χ1) is 12.8. The molecule has 0 amide bonds. The van der Waals surface area contributed by atoms with Crippen molar-refractivity contribution >= 4 is 23.6 Å². The number of rotatable bonds is 4. The smallest absolute Gasteiger partial charge is 0.495 e. The van der Waals surface area contributed by atoms with Crippen LogP contribution >= 0.6 is 0 Å². The highest BCUT2D eigenvalue weighted by Crippen LogP contribution is 2.37. The summed E-state index contributed by atoms with van der Waals surface area (Å²) in [5.41, 5.74) is 2.42. The van der Waals surface area contributed by atoms with Crippen molar-refractivity contribution in [3.05, 3.63) is 54.4 Å². The highest BCUT2D eigenvalue weighted by Gasteiger charge is 2.52. The second-order valence-electron chi connectivity index (χ2n) is 8.02. The van der Waals surface area contributed by atoms with Gasteiger partial charge in [-0.3, -0.25) is 0 Å². The van der Waals surface area contributed by atoms with Gasteiger partial charge >= 0.3 is 7.12 Å². The zero-order valence-corrected chi connectivity index (χ0v) is 16.5. The van der Waals surface area contributed by atoms with Gasteiger partial charge in [0.15, 0.2) is 0 Å². The van der Waals surface area contributed by atoms with E-state index in [0.29, 0.717) is 0 Å². The first-order valence-electron chi connectivity index (χ1n) is 9.23. The maximum Gasteiger partial charge on any atom is 0.495 e. The zero-order valence-electron chi connectivity index (χ0n) is 16.5. The molecule has 1 aliphatic rings. The summed E-state index contributed by atoms with van der Waals surface area (Å²) in [5, 5.41) is 1.06. The molecule has 0 N–H and O–H groups in total. The van der Waals surface area contributed by atoms with Crippen molar-refractivity contribution in [3.8, 4) is 5.75 Å². The highest BCUT2D eigenvalue weighted by molar-refractivity contribution is 6.65. The number of methoxy groups -OCH3 is 1. The van der Waals surface area contributed by atoms with Crippen LogP contribution in [0, 0.1) is 0 Å². The monoisotopic (exact) mass is 364 g/mol. The Morgan fingerprint density at radius 1 is 1.00 bits per heavy atom. The quantitative estimate of drug-likeness (QED) is 0.666. The molecule has 1 aliphatic heterocycles. The van der Waals surface area contributed by atoms with Crippen LogP contribution in [0.1, 0.15) is 33.3 Å². The summed E-state index contributed by atoms with van der Waals surface area (Å²) in [4.78, 5) is 4.60. The molecule has 3 heterocycles. The Kier molecular flexibility index (Phi) is 4.28. The molecule has 1 fully saturated rings. The summed E-state index contributed by atoms with van der Waals surface area (Å²) < 4.78 is 19.9. The molecule has 0 bridgehead atoms. The number of hydrogen-bond acceptors (Lipinski definition) is 4. The van der Waals surface area contributed by atoms with E-state index in [1.54, 1.807) is 7.11 Å². The predicted octanol–water partition coefficient (Wildman–Crippen LogP) is 3.39. The molecule has 5 nitrogen and oxygen atoms in total. The summed E-state index contributed by atoms with van der Waals surface area (Å²) in [6.45, 7) is 9.02. The third-order valence-electron chi connectivity index (χ3n) is 5.72. The standard InChI is InChI=1S/C21H25BN2O3/c1-20(2)21(3,4)27-22(26-20)18-10-12-23-19-17(18)11-13-24(19)14-15-6-8-16(25-5)9-7-15/h6-13H,14H2,1-5H3. The number of aromatic nitrogens is 2. The number of pyridine rings is 1. The number of benzene rings is 1. The lowest BCUT2D eigenvalue weighted by molar-refractivity contribution is 0.00578. The van der Waals surface area contributed by atoms with E-state index in [2.05, 4.69) is 61.6 Å². The predicted molar refractivity (Wildman–Crippen MR) is 108 cm³/mol. The molecule has 0 unspecified atom stereocenters. The van der Waals surface area contributed by atoms with Gasteiger partial charge in [0, 0.05) is 24.3 Å². The van der Waals surface area contributed by atoms with E-state index in [1.807, 2.05) is 24.4 Å². The zero-order chi connectivity index (χ0) is 19.2. The normalized spacial score (nSPS) is 18.2. The second kappa shape index (κ2) is 6.39. The van der Waals surface area contributed by atoms with E-state index in [-0.39, 0.29) is 11.2 Å². The molecule has 0 saturated carbocycles. The average Bonchev–Trinajstić information content (AvgIpc) is 3.13. The first kappa shape index (κ1) is 18.1. The molecule has 3 aromatic rings. The third kappa shape index (κ3) is 3.13. The van der Waals surface area contributed by atoms with Crippen LogP contribution in [-0.2, 0) is 15.9 Å². The Bertz CT molecular complexity index is 947. The Morgan fingerprint density at radius 3 is 2.30 bits per heavy atom. The summed E-state index contributed by atoms with van der Waals surface area (Å²) in [6.07, 6.45) is 3.89. The fourth-order valence-corrected chi connectivity index (χ4v) is 3.34. The van der Waals surface area contributed by atoms with Crippen molar-refractivity contribution in [2.24, 2.45) is 0 Å². The SMILES string of the molecule is COc1ccc(Cn2ccc3c(B4OC(C)(C)C(C)(C)O4)ccnc32)cc1. The Balaban J connectivity index is 1.66. The van der Waals surface area contributed by atoms with E-state index >= 15 is 0 Å². The van der Waals surface area contributed by atoms with E-state index in [9.17, 15) is 0 Å². The van der Waals surface area contributed by atoms with Gasteiger partial charge in [-0.1, -0.05) is 12.1 Å². The van der Waals surface area contributed by atoms with Gasteiger partial charge in [0.1, 0.15) is 11.4 Å². The minimum atomic E-state index is -0.391. The van der Waals surface area contributed by atoms with Crippen molar-refractivity contribution < 1.29 is 14.0 Å². The molecular weight excluding hydrogens is 339 g/mol. The van der Waals surface area contributed by atoms with Crippen molar-refractivity contribution in [2.75, 3.05) is 7.11 Å². The van der Waals surface area contributed by atoms with Gasteiger partial charge in [0.25, 0.3) is 0 Å². The molecule has 1 aromatic carbocycles. The summed E-state index contributed by atoms with van der Waals surface area (Å²) in [5.74, 6) is 0.859. The van der Waals surface area contributed by atoms with E-state index in [4.69, 9.17) is 14.0 Å². The average molecular weight is 364 g/mol. The third-order valence-corrected chi connectivity index (χ3v) is 5.72. The van der Waals surface area contributed by atoms with Crippen molar-refractivity contribution in [2.45, 2.75) is 45.4 Å². The van der Waals surface area contributed by atoms with Crippen LogP contribution in [0.3, 0.4) is 0 Å². The van der Waals surface area contributed by atoms with Crippen molar-refractivity contribution in [1.29, 1.82) is 0 Å². The number of fused-ring (bicyclic) bond motifs is 1. The van der Waals surface area contributed by atoms with Crippen molar-refractivity contribution in [3.63, 3.8) is 0 Å². The summed E-state index contributed by atoms with van der Waals surface area (Å²) >= 11 is 0. The number of ether oxygens (including phenoxy) is 1. The number of hydrogen-bond donors (Lipinski definition) is 0. The maximum atomic E-state index is 6.24. The van der Waals surface area contributed by atoms with Crippen LogP contribution in [0.15, 0.2) is 48.8 Å². The van der Waals surface area contributed by atoms with Gasteiger partial charge < -0.3 is 18.6 Å². The molecule has 6 heteroatoms.